The van der Waals surface area contributed by atoms with Crippen molar-refractivity contribution in [2.45, 2.75) is 0 Å². The number of halogens is 1. The average molecular weight is 614 g/mol. The number of hydrogen-bond donors (Lipinski definition) is 0. The molecule has 3 aromatic heterocycles. The van der Waals surface area contributed by atoms with Gasteiger partial charge in [0.2, 0.25) is 5.28 Å². The van der Waals surface area contributed by atoms with Gasteiger partial charge in [-0.3, -0.25) is 0 Å². The molecule has 0 radical (unpaired) electrons. The molecule has 0 amide bonds. The third kappa shape index (κ3) is 3.75. The Hall–Kier alpha value is -5.36. The summed E-state index contributed by atoms with van der Waals surface area (Å²) in [4.78, 5) is 13.9. The summed E-state index contributed by atoms with van der Waals surface area (Å²) in [6.45, 7) is 0. The third-order valence-electron chi connectivity index (χ3n) is 8.84. The molecule has 0 unspecified atom stereocenters. The predicted molar refractivity (Wildman–Crippen MR) is 186 cm³/mol. The lowest BCUT2D eigenvalue weighted by molar-refractivity contribution is 0.669. The van der Waals surface area contributed by atoms with Crippen LogP contribution in [0.15, 0.2) is 126 Å². The van der Waals surface area contributed by atoms with Gasteiger partial charge in [-0.25, -0.2) is 4.98 Å². The van der Waals surface area contributed by atoms with Gasteiger partial charge in [0.25, 0.3) is 0 Å². The van der Waals surface area contributed by atoms with E-state index in [0.717, 1.165) is 38.6 Å². The summed E-state index contributed by atoms with van der Waals surface area (Å²) in [6.07, 6.45) is 0. The number of furan rings is 1. The van der Waals surface area contributed by atoms with Crippen LogP contribution in [0.1, 0.15) is 0 Å². The minimum absolute atomic E-state index is 0.161. The normalized spacial score (nSPS) is 12.1. The topological polar surface area (TPSA) is 51.8 Å². The van der Waals surface area contributed by atoms with Crippen molar-refractivity contribution in [2.24, 2.45) is 0 Å². The molecule has 1 aliphatic carbocycles. The predicted octanol–water partition coefficient (Wildman–Crippen LogP) is 11.4. The Labute approximate surface area is 266 Å². The van der Waals surface area contributed by atoms with Gasteiger partial charge in [0.1, 0.15) is 11.2 Å². The quantitative estimate of drug-likeness (QED) is 0.199. The van der Waals surface area contributed by atoms with Crippen LogP contribution in [0.2, 0.25) is 5.28 Å². The zero-order chi connectivity index (χ0) is 29.6. The molecule has 0 bridgehead atoms. The maximum atomic E-state index is 6.49. The van der Waals surface area contributed by atoms with Gasteiger partial charge in [0, 0.05) is 42.1 Å². The highest BCUT2D eigenvalue weighted by molar-refractivity contribution is 7.26. The highest BCUT2D eigenvalue weighted by atomic mass is 35.5. The molecule has 0 saturated heterocycles. The molecule has 3 heterocycles. The molecule has 0 spiro atoms. The first kappa shape index (κ1) is 25.0. The molecule has 1 aliphatic rings. The van der Waals surface area contributed by atoms with Crippen molar-refractivity contribution in [1.29, 1.82) is 0 Å². The van der Waals surface area contributed by atoms with E-state index in [4.69, 9.17) is 21.0 Å². The molecule has 6 aromatic carbocycles. The molecular weight excluding hydrogens is 594 g/mol. The number of fused-ring (bicyclic) bond motifs is 10. The molecule has 45 heavy (non-hydrogen) atoms. The van der Waals surface area contributed by atoms with Gasteiger partial charge in [-0.05, 0) is 87.4 Å². The summed E-state index contributed by atoms with van der Waals surface area (Å²) in [7, 11) is 0. The lowest BCUT2D eigenvalue weighted by Crippen LogP contribution is -2.01. The molecule has 4 nitrogen and oxygen atoms in total. The van der Waals surface area contributed by atoms with Crippen molar-refractivity contribution in [2.75, 3.05) is 0 Å². The van der Waals surface area contributed by atoms with Crippen LogP contribution < -0.4 is 0 Å². The van der Waals surface area contributed by atoms with Crippen molar-refractivity contribution in [3.05, 3.63) is 127 Å². The van der Waals surface area contributed by atoms with Crippen LogP contribution in [0.3, 0.4) is 0 Å². The number of rotatable bonds is 3. The Morgan fingerprint density at radius 1 is 0.467 bits per heavy atom. The van der Waals surface area contributed by atoms with E-state index in [2.05, 4.69) is 119 Å². The maximum Gasteiger partial charge on any atom is 0.226 e. The second kappa shape index (κ2) is 9.32. The van der Waals surface area contributed by atoms with Gasteiger partial charge in [-0.15, -0.1) is 11.3 Å². The first-order valence-corrected chi connectivity index (χ1v) is 15.9. The van der Waals surface area contributed by atoms with E-state index in [1.54, 1.807) is 0 Å². The summed E-state index contributed by atoms with van der Waals surface area (Å²) < 4.78 is 8.85. The fourth-order valence-corrected chi connectivity index (χ4v) is 8.10. The summed E-state index contributed by atoms with van der Waals surface area (Å²) in [5.74, 6) is 1.07. The molecular formula is C39H20ClN3OS. The fraction of sp³-hybridized carbons (Fsp3) is 0. The second-order valence-corrected chi connectivity index (χ2v) is 12.8. The largest absolute Gasteiger partial charge is 0.456 e. The van der Waals surface area contributed by atoms with Crippen molar-refractivity contribution < 1.29 is 4.42 Å². The van der Waals surface area contributed by atoms with E-state index in [1.807, 2.05) is 23.5 Å². The number of thiophene rings is 1. The Morgan fingerprint density at radius 3 is 1.89 bits per heavy atom. The van der Waals surface area contributed by atoms with Crippen LogP contribution in [0, 0.1) is 0 Å². The van der Waals surface area contributed by atoms with Crippen molar-refractivity contribution in [1.82, 2.24) is 15.0 Å². The van der Waals surface area contributed by atoms with Crippen LogP contribution in [0.25, 0.3) is 98.3 Å². The van der Waals surface area contributed by atoms with E-state index in [9.17, 15) is 0 Å². The van der Waals surface area contributed by atoms with Gasteiger partial charge in [-0.1, -0.05) is 78.9 Å². The van der Waals surface area contributed by atoms with E-state index < -0.39 is 0 Å². The highest BCUT2D eigenvalue weighted by Gasteiger charge is 2.23. The number of hydrogen-bond acceptors (Lipinski definition) is 5. The fourth-order valence-electron chi connectivity index (χ4n) is 6.70. The smallest absolute Gasteiger partial charge is 0.226 e. The number of aromatic nitrogens is 3. The molecule has 210 valence electrons. The van der Waals surface area contributed by atoms with Crippen LogP contribution in [0.5, 0.6) is 0 Å². The zero-order valence-electron chi connectivity index (χ0n) is 23.6. The van der Waals surface area contributed by atoms with Crippen LogP contribution >= 0.6 is 22.9 Å². The molecule has 10 rings (SSSR count). The summed E-state index contributed by atoms with van der Waals surface area (Å²) >= 11 is 8.33. The molecule has 0 atom stereocenters. The van der Waals surface area contributed by atoms with Crippen molar-refractivity contribution in [3.8, 4) is 56.2 Å². The van der Waals surface area contributed by atoms with Crippen LogP contribution in [-0.2, 0) is 0 Å². The van der Waals surface area contributed by atoms with Crippen molar-refractivity contribution >= 4 is 65.0 Å². The minimum atomic E-state index is 0.161. The van der Waals surface area contributed by atoms with Crippen LogP contribution in [-0.4, -0.2) is 15.0 Å². The first-order valence-electron chi connectivity index (χ1n) is 14.7. The van der Waals surface area contributed by atoms with E-state index >= 15 is 0 Å². The lowest BCUT2D eigenvalue weighted by Gasteiger charge is -2.24. The van der Waals surface area contributed by atoms with E-state index in [-0.39, 0.29) is 5.28 Å². The van der Waals surface area contributed by atoms with Gasteiger partial charge < -0.3 is 4.42 Å². The van der Waals surface area contributed by atoms with Gasteiger partial charge in [-0.2, -0.15) is 9.97 Å². The molecule has 0 saturated carbocycles. The number of nitrogens with zero attached hydrogens (tertiary/aromatic N) is 3. The molecule has 6 heteroatoms. The summed E-state index contributed by atoms with van der Waals surface area (Å²) in [5, 5.41) is 4.79. The maximum absolute atomic E-state index is 6.49. The molecule has 0 fully saturated rings. The SMILES string of the molecule is Clc1nc(-c2ccc3c(c2)-c2ccccc2-3)nc(-c2ccc3oc4ccc(-c5cccc6c5sc5ccccc56)cc4c3c2)n1. The molecule has 0 N–H and O–H groups in total. The minimum Gasteiger partial charge on any atom is -0.456 e. The lowest BCUT2D eigenvalue weighted by atomic mass is 9.80. The van der Waals surface area contributed by atoms with Crippen molar-refractivity contribution in [3.63, 3.8) is 0 Å². The Balaban J connectivity index is 1.08. The average Bonchev–Trinajstić information content (AvgIpc) is 3.64. The van der Waals surface area contributed by atoms with Gasteiger partial charge in [0.05, 0.1) is 0 Å². The summed E-state index contributed by atoms with van der Waals surface area (Å²) in [6, 6.07) is 42.4. The van der Waals surface area contributed by atoms with E-state index in [0.29, 0.717) is 11.6 Å². The van der Waals surface area contributed by atoms with Gasteiger partial charge >= 0.3 is 0 Å². The summed E-state index contributed by atoms with van der Waals surface area (Å²) in [5.41, 5.74) is 10.7. The molecule has 9 aromatic rings. The standard InChI is InChI=1S/C39H20ClN3OS/c40-39-42-37(22-12-15-27-25-6-1-2-7-26(25)30(27)19-22)41-38(43-39)23-14-17-34-32(20-23)31-18-21(13-16-33(31)44-34)24-9-5-10-29-28-8-3-4-11-35(28)45-36(24)29/h1-20H. The zero-order valence-corrected chi connectivity index (χ0v) is 25.2. The Bertz CT molecular complexity index is 2690. The Kier molecular flexibility index (Phi) is 5.18. The number of benzene rings is 6. The van der Waals surface area contributed by atoms with Gasteiger partial charge in [0.15, 0.2) is 11.6 Å². The third-order valence-corrected chi connectivity index (χ3v) is 10.2. The second-order valence-electron chi connectivity index (χ2n) is 11.4. The monoisotopic (exact) mass is 613 g/mol. The van der Waals surface area contributed by atoms with E-state index in [1.165, 1.54) is 48.0 Å². The first-order chi connectivity index (χ1) is 22.2. The highest BCUT2D eigenvalue weighted by Crippen LogP contribution is 2.48. The Morgan fingerprint density at radius 2 is 1.07 bits per heavy atom. The van der Waals surface area contributed by atoms with Crippen LogP contribution in [0.4, 0.5) is 0 Å². The molecule has 0 aliphatic heterocycles.